The van der Waals surface area contributed by atoms with Crippen molar-refractivity contribution in [3.63, 3.8) is 0 Å². The van der Waals surface area contributed by atoms with Crippen LogP contribution in [0.5, 0.6) is 0 Å². The maximum Gasteiger partial charge on any atom is 0.341 e. The highest BCUT2D eigenvalue weighted by atomic mass is 32.1. The second-order valence-electron chi connectivity index (χ2n) is 9.82. The number of allylic oxidation sites excluding steroid dienone is 2. The molecule has 1 amide bonds. The van der Waals surface area contributed by atoms with Gasteiger partial charge in [0.1, 0.15) is 5.00 Å². The third-order valence-electron chi connectivity index (χ3n) is 7.64. The Morgan fingerprint density at radius 2 is 1.64 bits per heavy atom. The Morgan fingerprint density at radius 3 is 2.27 bits per heavy atom. The van der Waals surface area contributed by atoms with Crippen LogP contribution >= 0.6 is 11.3 Å². The second kappa shape index (κ2) is 10.00. The number of carbonyl (C=O) groups is 3. The molecule has 2 saturated carbocycles. The third-order valence-corrected chi connectivity index (χ3v) is 8.85. The summed E-state index contributed by atoms with van der Waals surface area (Å²) in [7, 11) is 0. The maximum atomic E-state index is 13.6. The molecule has 4 rings (SSSR count). The van der Waals surface area contributed by atoms with Gasteiger partial charge in [0.25, 0.3) is 0 Å². The number of aryl methyl sites for hydroxylation is 1. The molecular weight excluding hydrogens is 438 g/mol. The summed E-state index contributed by atoms with van der Waals surface area (Å²) in [5.74, 6) is -2.97. The number of hydrogen-bond acceptors (Lipinski definition) is 5. The average molecular weight is 474 g/mol. The van der Waals surface area contributed by atoms with Crippen LogP contribution in [0, 0.1) is 23.7 Å². The van der Waals surface area contributed by atoms with E-state index in [1.54, 1.807) is 6.92 Å². The van der Waals surface area contributed by atoms with Crippen molar-refractivity contribution in [2.75, 3.05) is 11.9 Å². The number of carboxylic acids is 1. The summed E-state index contributed by atoms with van der Waals surface area (Å²) in [5, 5.41) is 13.5. The normalized spacial score (nSPS) is 26.7. The zero-order valence-electron chi connectivity index (χ0n) is 19.9. The van der Waals surface area contributed by atoms with E-state index in [0.717, 1.165) is 66.5 Å². The third kappa shape index (κ3) is 4.48. The van der Waals surface area contributed by atoms with Crippen LogP contribution in [-0.4, -0.2) is 29.6 Å². The molecular formula is C26H35NO5S. The number of aliphatic carboxylic acids is 1. The molecule has 2 N–H and O–H groups in total. The van der Waals surface area contributed by atoms with Crippen LogP contribution in [0.3, 0.4) is 0 Å². The molecule has 0 radical (unpaired) electrons. The molecule has 1 heterocycles. The Bertz CT molecular complexity index is 974. The number of hydrogen-bond donors (Lipinski definition) is 2. The molecule has 2 fully saturated rings. The minimum Gasteiger partial charge on any atom is -0.481 e. The molecule has 3 aliphatic carbocycles. The van der Waals surface area contributed by atoms with E-state index in [4.69, 9.17) is 4.74 Å². The van der Waals surface area contributed by atoms with Gasteiger partial charge in [0.15, 0.2) is 0 Å². The van der Waals surface area contributed by atoms with E-state index in [2.05, 4.69) is 5.32 Å². The predicted octanol–water partition coefficient (Wildman–Crippen LogP) is 5.61. The number of carbonyl (C=O) groups excluding carboxylic acids is 2. The minimum atomic E-state index is -0.901. The van der Waals surface area contributed by atoms with Crippen LogP contribution in [0.15, 0.2) is 11.1 Å². The van der Waals surface area contributed by atoms with Gasteiger partial charge in [0, 0.05) is 4.88 Å². The SMILES string of the molecule is CCOC(=O)c1c(NC(=O)[C@@H]2[C@@H](C(=O)O)[C@H]3CC[C@@H]2C3=C(C)C)sc2c1CCCCCCC2. The fourth-order valence-corrected chi connectivity index (χ4v) is 7.68. The summed E-state index contributed by atoms with van der Waals surface area (Å²) in [6.45, 7) is 6.08. The highest BCUT2D eigenvalue weighted by Gasteiger charge is 2.57. The van der Waals surface area contributed by atoms with Crippen molar-refractivity contribution in [2.24, 2.45) is 23.7 Å². The molecule has 1 aromatic rings. The summed E-state index contributed by atoms with van der Waals surface area (Å²) in [6.07, 6.45) is 8.98. The minimum absolute atomic E-state index is 0.0309. The van der Waals surface area contributed by atoms with Gasteiger partial charge >= 0.3 is 11.9 Å². The topological polar surface area (TPSA) is 92.7 Å². The van der Waals surface area contributed by atoms with E-state index >= 15 is 0 Å². The Hall–Kier alpha value is -2.15. The lowest BCUT2D eigenvalue weighted by atomic mass is 9.78. The number of nitrogens with one attached hydrogen (secondary N) is 1. The van der Waals surface area contributed by atoms with E-state index in [1.807, 2.05) is 13.8 Å². The van der Waals surface area contributed by atoms with Gasteiger partial charge < -0.3 is 15.2 Å². The Labute approximate surface area is 199 Å². The fourth-order valence-electron chi connectivity index (χ4n) is 6.40. The monoisotopic (exact) mass is 473 g/mol. The zero-order valence-corrected chi connectivity index (χ0v) is 20.7. The van der Waals surface area contributed by atoms with E-state index in [1.165, 1.54) is 24.2 Å². The van der Waals surface area contributed by atoms with Crippen molar-refractivity contribution in [3.8, 4) is 0 Å². The molecule has 4 atom stereocenters. The van der Waals surface area contributed by atoms with Gasteiger partial charge in [0.05, 0.1) is 24.0 Å². The van der Waals surface area contributed by atoms with E-state index in [9.17, 15) is 19.5 Å². The highest BCUT2D eigenvalue weighted by Crippen LogP contribution is 2.57. The molecule has 0 spiro atoms. The smallest absolute Gasteiger partial charge is 0.341 e. The Balaban J connectivity index is 1.68. The fraction of sp³-hybridized carbons (Fsp3) is 0.654. The lowest BCUT2D eigenvalue weighted by Crippen LogP contribution is -2.38. The van der Waals surface area contributed by atoms with Crippen LogP contribution in [0.4, 0.5) is 5.00 Å². The van der Waals surface area contributed by atoms with E-state index < -0.39 is 23.8 Å². The zero-order chi connectivity index (χ0) is 23.7. The quantitative estimate of drug-likeness (QED) is 0.429. The molecule has 3 aliphatic rings. The summed E-state index contributed by atoms with van der Waals surface area (Å²) in [5.41, 5.74) is 3.79. The lowest BCUT2D eigenvalue weighted by molar-refractivity contribution is -0.148. The van der Waals surface area contributed by atoms with Crippen molar-refractivity contribution < 1.29 is 24.2 Å². The van der Waals surface area contributed by atoms with Crippen LogP contribution in [-0.2, 0) is 27.2 Å². The summed E-state index contributed by atoms with van der Waals surface area (Å²) >= 11 is 1.48. The van der Waals surface area contributed by atoms with Gasteiger partial charge in [0.2, 0.25) is 5.91 Å². The molecule has 0 aliphatic heterocycles. The van der Waals surface area contributed by atoms with Crippen molar-refractivity contribution in [2.45, 2.75) is 78.6 Å². The van der Waals surface area contributed by atoms with Crippen LogP contribution in [0.2, 0.25) is 0 Å². The molecule has 1 aromatic heterocycles. The summed E-state index contributed by atoms with van der Waals surface area (Å²) < 4.78 is 5.38. The number of rotatable bonds is 5. The Morgan fingerprint density at radius 1 is 1.00 bits per heavy atom. The molecule has 0 saturated heterocycles. The number of esters is 1. The van der Waals surface area contributed by atoms with Crippen LogP contribution < -0.4 is 5.32 Å². The average Bonchev–Trinajstić information content (AvgIpc) is 3.43. The highest BCUT2D eigenvalue weighted by molar-refractivity contribution is 7.17. The molecule has 6 nitrogen and oxygen atoms in total. The predicted molar refractivity (Wildman–Crippen MR) is 129 cm³/mol. The van der Waals surface area contributed by atoms with Gasteiger partial charge in [-0.3, -0.25) is 9.59 Å². The number of anilines is 1. The Kier molecular flexibility index (Phi) is 7.27. The van der Waals surface area contributed by atoms with Gasteiger partial charge in [-0.15, -0.1) is 11.3 Å². The van der Waals surface area contributed by atoms with Gasteiger partial charge in [-0.1, -0.05) is 30.4 Å². The molecule has 0 unspecified atom stereocenters. The van der Waals surface area contributed by atoms with Crippen LogP contribution in [0.25, 0.3) is 0 Å². The number of fused-ring (bicyclic) bond motifs is 3. The van der Waals surface area contributed by atoms with Crippen LogP contribution in [0.1, 0.15) is 86.5 Å². The molecule has 33 heavy (non-hydrogen) atoms. The van der Waals surface area contributed by atoms with Crippen molar-refractivity contribution in [3.05, 3.63) is 27.2 Å². The number of thiophene rings is 1. The first kappa shape index (κ1) is 24.0. The summed E-state index contributed by atoms with van der Waals surface area (Å²) in [4.78, 5) is 39.9. The van der Waals surface area contributed by atoms with Gasteiger partial charge in [-0.25, -0.2) is 4.79 Å². The van der Waals surface area contributed by atoms with Gasteiger partial charge in [-0.05, 0) is 76.7 Å². The standard InChI is InChI=1S/C26H35NO5S/c1-4-32-26(31)22-15-10-8-6-5-7-9-11-18(15)33-24(22)27-23(28)20-16-12-13-17(19(16)14(2)3)21(20)25(29)30/h16-17,20-21H,4-13H2,1-3H3,(H,27,28)(H,29,30)/t16-,17+,20+,21+/m1/s1. The van der Waals surface area contributed by atoms with Crippen molar-refractivity contribution in [1.29, 1.82) is 0 Å². The molecule has 7 heteroatoms. The lowest BCUT2D eigenvalue weighted by Gasteiger charge is -2.26. The first-order valence-electron chi connectivity index (χ1n) is 12.4. The van der Waals surface area contributed by atoms with E-state index in [0.29, 0.717) is 10.6 Å². The van der Waals surface area contributed by atoms with E-state index in [-0.39, 0.29) is 24.3 Å². The number of carboxylic acid groups (broad SMARTS) is 1. The second-order valence-corrected chi connectivity index (χ2v) is 10.9. The summed E-state index contributed by atoms with van der Waals surface area (Å²) in [6, 6.07) is 0. The van der Waals surface area contributed by atoms with Crippen molar-refractivity contribution in [1.82, 2.24) is 0 Å². The number of amides is 1. The molecule has 2 bridgehead atoms. The molecule has 180 valence electrons. The largest absolute Gasteiger partial charge is 0.481 e. The molecule has 0 aromatic carbocycles. The van der Waals surface area contributed by atoms with Crippen molar-refractivity contribution >= 4 is 34.2 Å². The first-order chi connectivity index (χ1) is 15.8. The number of ether oxygens (including phenoxy) is 1. The van der Waals surface area contributed by atoms with Gasteiger partial charge in [-0.2, -0.15) is 0 Å². The first-order valence-corrected chi connectivity index (χ1v) is 13.2. The maximum absolute atomic E-state index is 13.6.